The van der Waals surface area contributed by atoms with Crippen LogP contribution < -0.4 is 4.90 Å². The number of hydrogen-bond donors (Lipinski definition) is 0. The Morgan fingerprint density at radius 3 is 1.54 bits per heavy atom. The van der Waals surface area contributed by atoms with Crippen LogP contribution in [0, 0.1) is 0 Å². The van der Waals surface area contributed by atoms with Gasteiger partial charge in [-0.25, -0.2) is 0 Å². The monoisotopic (exact) mass is 778 g/mol. The van der Waals surface area contributed by atoms with Gasteiger partial charge >= 0.3 is 0 Å². The Bertz CT molecular complexity index is 3570. The first-order chi connectivity index (χ1) is 30.3. The minimum absolute atomic E-state index is 0.879. The summed E-state index contributed by atoms with van der Waals surface area (Å²) in [5, 5.41) is 7.12. The minimum atomic E-state index is 0.879. The molecule has 3 nitrogen and oxygen atoms in total. The van der Waals surface area contributed by atoms with Gasteiger partial charge in [-0.2, -0.15) is 0 Å². The number of benzene rings is 10. The van der Waals surface area contributed by atoms with Crippen LogP contribution in [0.5, 0.6) is 0 Å². The fourth-order valence-electron chi connectivity index (χ4n) is 9.49. The van der Waals surface area contributed by atoms with E-state index < -0.39 is 0 Å². The van der Waals surface area contributed by atoms with Crippen LogP contribution in [0.25, 0.3) is 93.6 Å². The molecule has 0 radical (unpaired) electrons. The normalized spacial score (nSPS) is 11.6. The Hall–Kier alpha value is -8.14. The molecule has 0 saturated heterocycles. The summed E-state index contributed by atoms with van der Waals surface area (Å²) in [5.41, 5.74) is 15.1. The van der Waals surface area contributed by atoms with Gasteiger partial charge in [0.25, 0.3) is 0 Å². The molecular weight excluding hydrogens is 741 g/mol. The van der Waals surface area contributed by atoms with Crippen molar-refractivity contribution in [2.75, 3.05) is 4.90 Å². The van der Waals surface area contributed by atoms with Gasteiger partial charge in [0.05, 0.1) is 33.8 Å². The van der Waals surface area contributed by atoms with E-state index in [2.05, 4.69) is 234 Å². The summed E-state index contributed by atoms with van der Waals surface area (Å²) in [7, 11) is 0. The molecule has 0 aliphatic heterocycles. The molecule has 0 fully saturated rings. The number of fused-ring (bicyclic) bond motifs is 7. The highest BCUT2D eigenvalue weighted by molar-refractivity contribution is 6.12. The number of aromatic nitrogens is 1. The molecule has 286 valence electrons. The molecule has 2 heterocycles. The smallest absolute Gasteiger partial charge is 0.143 e. The van der Waals surface area contributed by atoms with Crippen LogP contribution in [-0.4, -0.2) is 4.57 Å². The van der Waals surface area contributed by atoms with Crippen molar-refractivity contribution >= 4 is 71.6 Å². The first-order valence-electron chi connectivity index (χ1n) is 20.9. The summed E-state index contributed by atoms with van der Waals surface area (Å²) in [4.78, 5) is 2.47. The van der Waals surface area contributed by atoms with Crippen molar-refractivity contribution in [2.45, 2.75) is 0 Å². The molecule has 0 N–H and O–H groups in total. The number of furan rings is 1. The summed E-state index contributed by atoms with van der Waals surface area (Å²) in [6, 6.07) is 83.0. The van der Waals surface area contributed by atoms with E-state index in [-0.39, 0.29) is 0 Å². The molecule has 0 atom stereocenters. The lowest BCUT2D eigenvalue weighted by Crippen LogP contribution is -2.14. The van der Waals surface area contributed by atoms with E-state index >= 15 is 0 Å². The van der Waals surface area contributed by atoms with E-state index in [1.807, 2.05) is 6.07 Å². The van der Waals surface area contributed by atoms with Gasteiger partial charge in [0.15, 0.2) is 0 Å². The molecule has 2 aromatic heterocycles. The van der Waals surface area contributed by atoms with Crippen molar-refractivity contribution in [2.24, 2.45) is 0 Å². The molecule has 0 bridgehead atoms. The second kappa shape index (κ2) is 14.3. The zero-order chi connectivity index (χ0) is 40.3. The van der Waals surface area contributed by atoms with Crippen molar-refractivity contribution in [1.29, 1.82) is 0 Å². The Kier molecular flexibility index (Phi) is 8.17. The third kappa shape index (κ3) is 5.66. The molecular formula is C58H38N2O. The second-order valence-corrected chi connectivity index (χ2v) is 15.6. The van der Waals surface area contributed by atoms with E-state index in [0.717, 1.165) is 78.1 Å². The average molecular weight is 779 g/mol. The Labute approximate surface area is 353 Å². The predicted molar refractivity (Wildman–Crippen MR) is 257 cm³/mol. The van der Waals surface area contributed by atoms with Gasteiger partial charge in [0.2, 0.25) is 0 Å². The second-order valence-electron chi connectivity index (χ2n) is 15.6. The summed E-state index contributed by atoms with van der Waals surface area (Å²) < 4.78 is 9.15. The quantitative estimate of drug-likeness (QED) is 0.161. The van der Waals surface area contributed by atoms with Gasteiger partial charge in [-0.15, -0.1) is 0 Å². The highest BCUT2D eigenvalue weighted by Gasteiger charge is 2.26. The number of para-hydroxylation sites is 8. The lowest BCUT2D eigenvalue weighted by atomic mass is 9.95. The zero-order valence-corrected chi connectivity index (χ0v) is 33.2. The molecule has 0 unspecified atom stereocenters. The number of rotatable bonds is 7. The van der Waals surface area contributed by atoms with Gasteiger partial charge in [0.1, 0.15) is 11.2 Å². The van der Waals surface area contributed by atoms with E-state index in [4.69, 9.17) is 4.42 Å². The highest BCUT2D eigenvalue weighted by atomic mass is 16.3. The average Bonchev–Trinajstić information content (AvgIpc) is 3.88. The van der Waals surface area contributed by atoms with Gasteiger partial charge in [-0.1, -0.05) is 182 Å². The highest BCUT2D eigenvalue weighted by Crippen LogP contribution is 2.50. The number of nitrogens with zero attached hydrogens (tertiary/aromatic N) is 2. The molecule has 61 heavy (non-hydrogen) atoms. The molecule has 0 aliphatic rings. The minimum Gasteiger partial charge on any atom is -0.455 e. The topological polar surface area (TPSA) is 21.3 Å². The van der Waals surface area contributed by atoms with E-state index in [1.165, 1.54) is 32.6 Å². The summed E-state index contributed by atoms with van der Waals surface area (Å²) in [6.45, 7) is 0. The molecule has 3 heteroatoms. The molecule has 10 aromatic carbocycles. The fraction of sp³-hybridized carbons (Fsp3) is 0. The third-order valence-electron chi connectivity index (χ3n) is 12.2. The Morgan fingerprint density at radius 2 is 0.820 bits per heavy atom. The van der Waals surface area contributed by atoms with Crippen LogP contribution >= 0.6 is 0 Å². The number of hydrogen-bond acceptors (Lipinski definition) is 2. The number of anilines is 3. The van der Waals surface area contributed by atoms with Crippen LogP contribution in [0.3, 0.4) is 0 Å². The molecule has 0 amide bonds. The Balaban J connectivity index is 1.15. The van der Waals surface area contributed by atoms with E-state index in [1.54, 1.807) is 0 Å². The lowest BCUT2D eigenvalue weighted by molar-refractivity contribution is 0.670. The largest absolute Gasteiger partial charge is 0.455 e. The maximum absolute atomic E-state index is 6.72. The van der Waals surface area contributed by atoms with E-state index in [9.17, 15) is 0 Å². The van der Waals surface area contributed by atoms with Gasteiger partial charge in [-0.3, -0.25) is 0 Å². The molecule has 12 aromatic rings. The van der Waals surface area contributed by atoms with Crippen LogP contribution in [0.2, 0.25) is 0 Å². The first kappa shape index (κ1) is 34.9. The van der Waals surface area contributed by atoms with Gasteiger partial charge in [-0.05, 0) is 64.9 Å². The summed E-state index contributed by atoms with van der Waals surface area (Å²) >= 11 is 0. The van der Waals surface area contributed by atoms with Crippen molar-refractivity contribution < 1.29 is 4.42 Å². The van der Waals surface area contributed by atoms with E-state index in [0.29, 0.717) is 0 Å². The third-order valence-corrected chi connectivity index (χ3v) is 12.2. The van der Waals surface area contributed by atoms with Crippen molar-refractivity contribution in [1.82, 2.24) is 4.57 Å². The zero-order valence-electron chi connectivity index (χ0n) is 33.2. The lowest BCUT2D eigenvalue weighted by Gasteiger charge is -2.32. The standard InChI is InChI=1S/C58H38N2O/c1-2-19-40-38-41(37-36-39(40)18-1)42-20-3-10-29-51(42)59(56-34-15-8-25-47(56)49-27-17-28-50-48-26-9-16-35-57(48)61-58(49)50)52-30-11-4-21-43(52)44-22-5-12-31-53(44)60-54-32-13-6-23-45(54)46-24-7-14-33-55(46)60/h1-38H. The maximum atomic E-state index is 6.72. The molecule has 0 saturated carbocycles. The first-order valence-corrected chi connectivity index (χ1v) is 20.9. The van der Waals surface area contributed by atoms with Crippen molar-refractivity contribution in [3.8, 4) is 39.1 Å². The van der Waals surface area contributed by atoms with Crippen LogP contribution in [0.1, 0.15) is 0 Å². The summed E-state index contributed by atoms with van der Waals surface area (Å²) in [6.07, 6.45) is 0. The van der Waals surface area contributed by atoms with Crippen LogP contribution in [-0.2, 0) is 0 Å². The van der Waals surface area contributed by atoms with Gasteiger partial charge in [0, 0.05) is 49.4 Å². The van der Waals surface area contributed by atoms with Crippen LogP contribution in [0.15, 0.2) is 235 Å². The SMILES string of the molecule is c1ccc(N(c2ccccc2-c2ccccc2-n2c3ccccc3c3ccccc32)c2ccccc2-c2cccc3c2oc2ccccc23)c(-c2ccc3ccccc3c2)c1. The van der Waals surface area contributed by atoms with Gasteiger partial charge < -0.3 is 13.9 Å². The Morgan fingerprint density at radius 1 is 0.328 bits per heavy atom. The fourth-order valence-corrected chi connectivity index (χ4v) is 9.49. The summed E-state index contributed by atoms with van der Waals surface area (Å²) in [5.74, 6) is 0. The molecule has 0 aliphatic carbocycles. The predicted octanol–water partition coefficient (Wildman–Crippen LogP) is 16.3. The molecule has 12 rings (SSSR count). The van der Waals surface area contributed by atoms with Crippen LogP contribution in [0.4, 0.5) is 17.1 Å². The van der Waals surface area contributed by atoms with Crippen molar-refractivity contribution in [3.05, 3.63) is 231 Å². The maximum Gasteiger partial charge on any atom is 0.143 e. The van der Waals surface area contributed by atoms with Crippen molar-refractivity contribution in [3.63, 3.8) is 0 Å². The molecule has 0 spiro atoms.